The molecule has 5 heteroatoms. The van der Waals surface area contributed by atoms with E-state index >= 15 is 0 Å². The molecule has 0 radical (unpaired) electrons. The third-order valence-electron chi connectivity index (χ3n) is 3.88. The zero-order valence-corrected chi connectivity index (χ0v) is 13.0. The largest absolute Gasteiger partial charge is 0.354 e. The maximum Gasteiger partial charge on any atom is 0.147 e. The van der Waals surface area contributed by atoms with Gasteiger partial charge in [0.25, 0.3) is 0 Å². The Morgan fingerprint density at radius 2 is 2.20 bits per heavy atom. The Morgan fingerprint density at radius 3 is 2.85 bits per heavy atom. The lowest BCUT2D eigenvalue weighted by Gasteiger charge is -2.36. The molecule has 2 heterocycles. The van der Waals surface area contributed by atoms with Gasteiger partial charge < -0.3 is 15.1 Å². The highest BCUT2D eigenvalue weighted by Gasteiger charge is 2.22. The van der Waals surface area contributed by atoms with Gasteiger partial charge in [-0.1, -0.05) is 6.92 Å². The van der Waals surface area contributed by atoms with E-state index in [4.69, 9.17) is 0 Å². The molecule has 1 saturated heterocycles. The van der Waals surface area contributed by atoms with E-state index in [1.807, 2.05) is 12.4 Å². The number of likely N-dealkylation sites (N-methyl/N-ethyl adjacent to an activating group) is 1. The van der Waals surface area contributed by atoms with Crippen LogP contribution >= 0.6 is 0 Å². The monoisotopic (exact) mass is 277 g/mol. The lowest BCUT2D eigenvalue weighted by Crippen LogP contribution is -2.45. The summed E-state index contributed by atoms with van der Waals surface area (Å²) in [5.41, 5.74) is 1.02. The van der Waals surface area contributed by atoms with Gasteiger partial charge in [0.2, 0.25) is 0 Å². The summed E-state index contributed by atoms with van der Waals surface area (Å²) in [5, 5.41) is 3.35. The first-order valence-corrected chi connectivity index (χ1v) is 7.63. The fraction of sp³-hybridized carbons (Fsp3) is 0.733. The Bertz CT molecular complexity index is 390. The number of rotatable bonds is 6. The Labute approximate surface area is 122 Å². The van der Waals surface area contributed by atoms with Crippen LogP contribution in [0.1, 0.15) is 31.9 Å². The summed E-state index contributed by atoms with van der Waals surface area (Å²) in [6.07, 6.45) is 7.46. The summed E-state index contributed by atoms with van der Waals surface area (Å²) in [6, 6.07) is 0.622. The highest BCUT2D eigenvalue weighted by atomic mass is 15.2. The molecule has 2 rings (SSSR count). The molecule has 1 aromatic heterocycles. The number of nitrogens with one attached hydrogen (secondary N) is 1. The number of nitrogens with zero attached hydrogens (tertiary/aromatic N) is 4. The summed E-state index contributed by atoms with van der Waals surface area (Å²) >= 11 is 0. The molecule has 5 nitrogen and oxygen atoms in total. The first-order valence-electron chi connectivity index (χ1n) is 7.63. The van der Waals surface area contributed by atoms with Gasteiger partial charge in [-0.15, -0.1) is 0 Å². The van der Waals surface area contributed by atoms with Gasteiger partial charge in [-0.3, -0.25) is 4.98 Å². The summed E-state index contributed by atoms with van der Waals surface area (Å²) in [4.78, 5) is 13.8. The van der Waals surface area contributed by atoms with Crippen LogP contribution in [0.5, 0.6) is 0 Å². The Balaban J connectivity index is 1.92. The highest BCUT2D eigenvalue weighted by Crippen LogP contribution is 2.19. The molecule has 20 heavy (non-hydrogen) atoms. The summed E-state index contributed by atoms with van der Waals surface area (Å²) in [7, 11) is 4.31. The average Bonchev–Trinajstić information content (AvgIpc) is 2.48. The SMILES string of the molecule is CCCNCc1cnc(N2CCCC(N(C)C)C2)cn1. The standard InChI is InChI=1S/C15H27N5/c1-4-7-16-9-13-10-18-15(11-17-13)20-8-5-6-14(12-20)19(2)3/h10-11,14,16H,4-9,12H2,1-3H3. The minimum atomic E-state index is 0.622. The van der Waals surface area contributed by atoms with Crippen molar-refractivity contribution in [1.29, 1.82) is 0 Å². The molecule has 112 valence electrons. The molecule has 0 spiro atoms. The molecule has 0 amide bonds. The second-order valence-electron chi connectivity index (χ2n) is 5.75. The zero-order chi connectivity index (χ0) is 14.4. The number of hydrogen-bond acceptors (Lipinski definition) is 5. The summed E-state index contributed by atoms with van der Waals surface area (Å²) in [5.74, 6) is 1.01. The predicted molar refractivity (Wildman–Crippen MR) is 83.0 cm³/mol. The van der Waals surface area contributed by atoms with Crippen LogP contribution in [0.15, 0.2) is 12.4 Å². The lowest BCUT2D eigenvalue weighted by molar-refractivity contribution is 0.257. The molecule has 0 aromatic carbocycles. The number of hydrogen-bond donors (Lipinski definition) is 1. The van der Waals surface area contributed by atoms with Crippen LogP contribution in [0.3, 0.4) is 0 Å². The van der Waals surface area contributed by atoms with Gasteiger partial charge in [-0.2, -0.15) is 0 Å². The molecule has 0 bridgehead atoms. The van der Waals surface area contributed by atoms with E-state index < -0.39 is 0 Å². The number of aromatic nitrogens is 2. The van der Waals surface area contributed by atoms with Crippen LogP contribution in [-0.4, -0.2) is 54.6 Å². The van der Waals surface area contributed by atoms with Gasteiger partial charge in [0.1, 0.15) is 5.82 Å². The van der Waals surface area contributed by atoms with Crippen LogP contribution < -0.4 is 10.2 Å². The van der Waals surface area contributed by atoms with Crippen LogP contribution in [-0.2, 0) is 6.54 Å². The van der Waals surface area contributed by atoms with Gasteiger partial charge in [-0.25, -0.2) is 4.98 Å². The van der Waals surface area contributed by atoms with E-state index in [9.17, 15) is 0 Å². The van der Waals surface area contributed by atoms with Crippen LogP contribution in [0.4, 0.5) is 5.82 Å². The van der Waals surface area contributed by atoms with Gasteiger partial charge in [0.15, 0.2) is 0 Å². The molecule has 1 atom stereocenters. The Kier molecular flexibility index (Phi) is 5.73. The smallest absolute Gasteiger partial charge is 0.147 e. The van der Waals surface area contributed by atoms with Crippen LogP contribution in [0.25, 0.3) is 0 Å². The minimum absolute atomic E-state index is 0.622. The van der Waals surface area contributed by atoms with Gasteiger partial charge in [-0.05, 0) is 39.9 Å². The van der Waals surface area contributed by atoms with Crippen LogP contribution in [0.2, 0.25) is 0 Å². The van der Waals surface area contributed by atoms with Crippen molar-refractivity contribution in [2.45, 2.75) is 38.8 Å². The Hall–Kier alpha value is -1.20. The molecule has 0 saturated carbocycles. The van der Waals surface area contributed by atoms with Crippen LogP contribution in [0, 0.1) is 0 Å². The van der Waals surface area contributed by atoms with E-state index in [1.165, 1.54) is 12.8 Å². The van der Waals surface area contributed by atoms with Gasteiger partial charge in [0, 0.05) is 25.7 Å². The predicted octanol–water partition coefficient (Wildman–Crippen LogP) is 1.51. The van der Waals surface area contributed by atoms with E-state index in [-0.39, 0.29) is 0 Å². The van der Waals surface area contributed by atoms with Crippen molar-refractivity contribution in [2.24, 2.45) is 0 Å². The quantitative estimate of drug-likeness (QED) is 0.799. The lowest BCUT2D eigenvalue weighted by atomic mass is 10.1. The van der Waals surface area contributed by atoms with Crippen molar-refractivity contribution in [3.8, 4) is 0 Å². The molecular formula is C15H27N5. The molecular weight excluding hydrogens is 250 g/mol. The third-order valence-corrected chi connectivity index (χ3v) is 3.88. The fourth-order valence-corrected chi connectivity index (χ4v) is 2.58. The molecule has 1 fully saturated rings. The van der Waals surface area contributed by atoms with Crippen molar-refractivity contribution in [1.82, 2.24) is 20.2 Å². The van der Waals surface area contributed by atoms with Gasteiger partial charge in [0.05, 0.1) is 18.1 Å². The summed E-state index contributed by atoms with van der Waals surface area (Å²) < 4.78 is 0. The molecule has 1 aliphatic heterocycles. The van der Waals surface area contributed by atoms with Crippen molar-refractivity contribution >= 4 is 5.82 Å². The molecule has 1 N–H and O–H groups in total. The minimum Gasteiger partial charge on any atom is -0.354 e. The fourth-order valence-electron chi connectivity index (χ4n) is 2.58. The van der Waals surface area contributed by atoms with Gasteiger partial charge >= 0.3 is 0 Å². The number of piperidine rings is 1. The molecule has 1 unspecified atom stereocenters. The van der Waals surface area contributed by atoms with E-state index in [0.29, 0.717) is 6.04 Å². The van der Waals surface area contributed by atoms with E-state index in [0.717, 1.165) is 44.1 Å². The van der Waals surface area contributed by atoms with E-state index in [2.05, 4.69) is 46.1 Å². The maximum absolute atomic E-state index is 4.58. The highest BCUT2D eigenvalue weighted by molar-refractivity contribution is 5.36. The van der Waals surface area contributed by atoms with Crippen molar-refractivity contribution in [2.75, 3.05) is 38.6 Å². The van der Waals surface area contributed by atoms with E-state index in [1.54, 1.807) is 0 Å². The second-order valence-corrected chi connectivity index (χ2v) is 5.75. The summed E-state index contributed by atoms with van der Waals surface area (Å²) in [6.45, 7) is 6.14. The maximum atomic E-state index is 4.58. The second kappa shape index (κ2) is 7.55. The number of anilines is 1. The van der Waals surface area contributed by atoms with Crippen molar-refractivity contribution < 1.29 is 0 Å². The first kappa shape index (κ1) is 15.2. The first-order chi connectivity index (χ1) is 9.70. The van der Waals surface area contributed by atoms with Crippen molar-refractivity contribution in [3.63, 3.8) is 0 Å². The molecule has 0 aliphatic carbocycles. The average molecular weight is 277 g/mol. The normalized spacial score (nSPS) is 19.6. The third kappa shape index (κ3) is 4.15. The Morgan fingerprint density at radius 1 is 1.35 bits per heavy atom. The topological polar surface area (TPSA) is 44.3 Å². The zero-order valence-electron chi connectivity index (χ0n) is 13.0. The molecule has 1 aliphatic rings. The van der Waals surface area contributed by atoms with Crippen molar-refractivity contribution in [3.05, 3.63) is 18.1 Å². The molecule has 1 aromatic rings.